The van der Waals surface area contributed by atoms with Crippen LogP contribution >= 0.6 is 11.8 Å². The van der Waals surface area contributed by atoms with Gasteiger partial charge in [-0.1, -0.05) is 26.7 Å². The van der Waals surface area contributed by atoms with E-state index >= 15 is 0 Å². The van der Waals surface area contributed by atoms with Gasteiger partial charge in [0.25, 0.3) is 0 Å². The number of hydrogen-bond donors (Lipinski definition) is 1. The lowest BCUT2D eigenvalue weighted by Gasteiger charge is -2.36. The fourth-order valence-electron chi connectivity index (χ4n) is 4.09. The maximum Gasteiger partial charge on any atom is 0.0183 e. The maximum atomic E-state index is 3.62. The molecule has 0 saturated heterocycles. The van der Waals surface area contributed by atoms with Crippen molar-refractivity contribution >= 4 is 11.8 Å². The molecule has 1 nitrogen and oxygen atoms in total. The molecule has 0 aromatic rings. The van der Waals surface area contributed by atoms with Gasteiger partial charge in [0.05, 0.1) is 0 Å². The van der Waals surface area contributed by atoms with E-state index in [1.165, 1.54) is 50.7 Å². The summed E-state index contributed by atoms with van der Waals surface area (Å²) in [6.07, 6.45) is 10.2. The van der Waals surface area contributed by atoms with E-state index in [4.69, 9.17) is 0 Å². The van der Waals surface area contributed by atoms with Crippen molar-refractivity contribution in [1.29, 1.82) is 0 Å². The van der Waals surface area contributed by atoms with Gasteiger partial charge in [-0.2, -0.15) is 11.8 Å². The summed E-state index contributed by atoms with van der Waals surface area (Å²) in [5, 5.41) is 4.59. The van der Waals surface area contributed by atoms with Gasteiger partial charge in [0.1, 0.15) is 0 Å². The second-order valence-electron chi connectivity index (χ2n) is 6.81. The third-order valence-electron chi connectivity index (χ3n) is 4.97. The highest BCUT2D eigenvalue weighted by atomic mass is 32.2. The van der Waals surface area contributed by atoms with E-state index in [-0.39, 0.29) is 0 Å². The molecule has 3 atom stereocenters. The first kappa shape index (κ1) is 14.7. The molecule has 0 radical (unpaired) electrons. The maximum absolute atomic E-state index is 3.62. The highest BCUT2D eigenvalue weighted by molar-refractivity contribution is 7.99. The van der Waals surface area contributed by atoms with Crippen molar-refractivity contribution in [2.75, 3.05) is 12.8 Å². The van der Waals surface area contributed by atoms with Crippen molar-refractivity contribution < 1.29 is 0 Å². The Balaban J connectivity index is 1.79. The van der Waals surface area contributed by atoms with Crippen LogP contribution in [-0.4, -0.2) is 24.1 Å². The van der Waals surface area contributed by atoms with E-state index in [1.807, 2.05) is 0 Å². The van der Waals surface area contributed by atoms with E-state index in [1.54, 1.807) is 0 Å². The molecule has 1 N–H and O–H groups in total. The Morgan fingerprint density at radius 2 is 1.67 bits per heavy atom. The quantitative estimate of drug-likeness (QED) is 0.797. The zero-order valence-corrected chi connectivity index (χ0v) is 13.3. The fraction of sp³-hybridized carbons (Fsp3) is 1.00. The van der Waals surface area contributed by atoms with Crippen LogP contribution in [-0.2, 0) is 0 Å². The van der Waals surface area contributed by atoms with Gasteiger partial charge in [0, 0.05) is 17.0 Å². The lowest BCUT2D eigenvalue weighted by atomic mass is 9.74. The molecule has 106 valence electrons. The van der Waals surface area contributed by atoms with Gasteiger partial charge in [-0.25, -0.2) is 0 Å². The van der Waals surface area contributed by atoms with Crippen LogP contribution in [0.5, 0.6) is 0 Å². The summed E-state index contributed by atoms with van der Waals surface area (Å²) in [6.45, 7) is 4.89. The SMILES string of the molecule is CNC(CSC1CCCC1)C1CC(C)CC(C)C1. The normalized spacial score (nSPS) is 35.8. The molecule has 2 saturated carbocycles. The summed E-state index contributed by atoms with van der Waals surface area (Å²) in [5.74, 6) is 4.13. The second kappa shape index (κ2) is 7.19. The van der Waals surface area contributed by atoms with Crippen molar-refractivity contribution in [3.63, 3.8) is 0 Å². The molecule has 0 aromatic carbocycles. The molecular weight excluding hydrogens is 238 g/mol. The largest absolute Gasteiger partial charge is 0.316 e. The summed E-state index contributed by atoms with van der Waals surface area (Å²) < 4.78 is 0. The van der Waals surface area contributed by atoms with E-state index in [2.05, 4.69) is 38.0 Å². The minimum Gasteiger partial charge on any atom is -0.316 e. The van der Waals surface area contributed by atoms with E-state index in [9.17, 15) is 0 Å². The molecule has 0 amide bonds. The minimum atomic E-state index is 0.751. The summed E-state index contributed by atoms with van der Waals surface area (Å²) in [7, 11) is 2.17. The molecule has 0 aliphatic heterocycles. The van der Waals surface area contributed by atoms with E-state index in [0.29, 0.717) is 0 Å². The highest BCUT2D eigenvalue weighted by Gasteiger charge is 2.30. The van der Waals surface area contributed by atoms with Crippen LogP contribution in [0, 0.1) is 17.8 Å². The monoisotopic (exact) mass is 269 g/mol. The zero-order valence-electron chi connectivity index (χ0n) is 12.5. The molecular formula is C16H31NS. The molecule has 0 aromatic heterocycles. The van der Waals surface area contributed by atoms with Crippen LogP contribution in [0.25, 0.3) is 0 Å². The number of hydrogen-bond acceptors (Lipinski definition) is 2. The first-order chi connectivity index (χ1) is 8.69. The van der Waals surface area contributed by atoms with Crippen LogP contribution in [0.2, 0.25) is 0 Å². The van der Waals surface area contributed by atoms with Gasteiger partial charge in [0.2, 0.25) is 0 Å². The molecule has 0 bridgehead atoms. The highest BCUT2D eigenvalue weighted by Crippen LogP contribution is 2.37. The predicted molar refractivity (Wildman–Crippen MR) is 83.2 cm³/mol. The van der Waals surface area contributed by atoms with Crippen molar-refractivity contribution in [2.24, 2.45) is 17.8 Å². The summed E-state index contributed by atoms with van der Waals surface area (Å²) in [6, 6.07) is 0.751. The van der Waals surface area contributed by atoms with Gasteiger partial charge in [-0.15, -0.1) is 0 Å². The van der Waals surface area contributed by atoms with Gasteiger partial charge in [-0.3, -0.25) is 0 Å². The van der Waals surface area contributed by atoms with Crippen LogP contribution < -0.4 is 5.32 Å². The van der Waals surface area contributed by atoms with Crippen molar-refractivity contribution in [3.05, 3.63) is 0 Å². The Morgan fingerprint density at radius 3 is 2.22 bits per heavy atom. The van der Waals surface area contributed by atoms with Gasteiger partial charge in [0.15, 0.2) is 0 Å². The molecule has 2 heteroatoms. The third-order valence-corrected chi connectivity index (χ3v) is 6.46. The summed E-state index contributed by atoms with van der Waals surface area (Å²) in [4.78, 5) is 0. The number of rotatable bonds is 5. The average Bonchev–Trinajstić information content (AvgIpc) is 2.81. The Kier molecular flexibility index (Phi) is 5.88. The standard InChI is InChI=1S/C16H31NS/c1-12-8-13(2)10-14(9-12)16(17-3)11-18-15-6-4-5-7-15/h12-17H,4-11H2,1-3H3. The van der Waals surface area contributed by atoms with E-state index in [0.717, 1.165) is 29.0 Å². The van der Waals surface area contributed by atoms with E-state index < -0.39 is 0 Å². The molecule has 2 fully saturated rings. The lowest BCUT2D eigenvalue weighted by Crippen LogP contribution is -2.40. The first-order valence-electron chi connectivity index (χ1n) is 7.98. The Hall–Kier alpha value is 0.310. The topological polar surface area (TPSA) is 12.0 Å². The third kappa shape index (κ3) is 4.16. The lowest BCUT2D eigenvalue weighted by molar-refractivity contribution is 0.188. The summed E-state index contributed by atoms with van der Waals surface area (Å²) >= 11 is 2.25. The van der Waals surface area contributed by atoms with Crippen molar-refractivity contribution in [3.8, 4) is 0 Å². The van der Waals surface area contributed by atoms with Crippen LogP contribution in [0.4, 0.5) is 0 Å². The van der Waals surface area contributed by atoms with Crippen LogP contribution in [0.15, 0.2) is 0 Å². The molecule has 3 unspecified atom stereocenters. The summed E-state index contributed by atoms with van der Waals surface area (Å²) in [5.41, 5.74) is 0. The zero-order chi connectivity index (χ0) is 13.0. The molecule has 0 heterocycles. The second-order valence-corrected chi connectivity index (χ2v) is 8.15. The molecule has 0 spiro atoms. The minimum absolute atomic E-state index is 0.751. The van der Waals surface area contributed by atoms with Crippen LogP contribution in [0.3, 0.4) is 0 Å². The van der Waals surface area contributed by atoms with Crippen molar-refractivity contribution in [2.45, 2.75) is 70.1 Å². The smallest absolute Gasteiger partial charge is 0.0183 e. The van der Waals surface area contributed by atoms with Gasteiger partial charge < -0.3 is 5.32 Å². The average molecular weight is 269 g/mol. The molecule has 18 heavy (non-hydrogen) atoms. The Morgan fingerprint density at radius 1 is 1.06 bits per heavy atom. The molecule has 2 aliphatic carbocycles. The molecule has 2 aliphatic rings. The number of thioether (sulfide) groups is 1. The first-order valence-corrected chi connectivity index (χ1v) is 9.02. The predicted octanol–water partition coefficient (Wildman–Crippen LogP) is 4.32. The fourth-order valence-corrected chi connectivity index (χ4v) is 5.67. The van der Waals surface area contributed by atoms with Crippen LogP contribution in [0.1, 0.15) is 58.8 Å². The molecule has 2 rings (SSSR count). The van der Waals surface area contributed by atoms with Gasteiger partial charge in [-0.05, 0) is 56.9 Å². The van der Waals surface area contributed by atoms with Crippen molar-refractivity contribution in [1.82, 2.24) is 5.32 Å². The Bertz CT molecular complexity index is 227. The van der Waals surface area contributed by atoms with Gasteiger partial charge >= 0.3 is 0 Å². The Labute approximate surface area is 118 Å². The number of nitrogens with one attached hydrogen (secondary N) is 1.